The van der Waals surface area contributed by atoms with E-state index in [1.807, 2.05) is 0 Å². The van der Waals surface area contributed by atoms with E-state index in [9.17, 15) is 19.5 Å². The number of carbonyl (C=O) groups excluding carboxylic acids is 3. The van der Waals surface area contributed by atoms with E-state index >= 15 is 0 Å². The number of carbonyl (C=O) groups is 3. The predicted octanol–water partition coefficient (Wildman–Crippen LogP) is 5.58. The summed E-state index contributed by atoms with van der Waals surface area (Å²) in [4.78, 5) is 44.5. The Balaban J connectivity index is 1.89. The van der Waals surface area contributed by atoms with E-state index in [0.29, 0.717) is 5.69 Å². The average molecular weight is 511 g/mol. The van der Waals surface area contributed by atoms with Gasteiger partial charge < -0.3 is 9.84 Å². The van der Waals surface area contributed by atoms with Gasteiger partial charge in [0, 0.05) is 17.4 Å². The van der Waals surface area contributed by atoms with Gasteiger partial charge in [-0.05, 0) is 62.4 Å². The molecule has 0 bridgehead atoms. The highest BCUT2D eigenvalue weighted by atomic mass is 35.5. The Labute approximate surface area is 211 Å². The van der Waals surface area contributed by atoms with Gasteiger partial charge in [0.05, 0.1) is 33.0 Å². The van der Waals surface area contributed by atoms with Crippen molar-refractivity contribution in [2.24, 2.45) is 0 Å². The summed E-state index contributed by atoms with van der Waals surface area (Å²) in [5.74, 6) is -2.77. The lowest BCUT2D eigenvalue weighted by molar-refractivity contribution is -0.132. The lowest BCUT2D eigenvalue weighted by Crippen LogP contribution is -2.30. The molecule has 1 aliphatic heterocycles. The van der Waals surface area contributed by atoms with E-state index in [-0.39, 0.29) is 38.5 Å². The predicted molar refractivity (Wildman–Crippen MR) is 132 cm³/mol. The number of ketones is 1. The molecule has 3 aromatic rings. The van der Waals surface area contributed by atoms with Crippen molar-refractivity contribution >= 4 is 52.3 Å². The van der Waals surface area contributed by atoms with Crippen molar-refractivity contribution in [3.63, 3.8) is 0 Å². The lowest BCUT2D eigenvalue weighted by Gasteiger charge is -2.25. The largest absolute Gasteiger partial charge is 0.507 e. The van der Waals surface area contributed by atoms with Gasteiger partial charge in [-0.2, -0.15) is 0 Å². The zero-order valence-corrected chi connectivity index (χ0v) is 20.2. The van der Waals surface area contributed by atoms with Crippen molar-refractivity contribution < 1.29 is 24.2 Å². The molecule has 1 aliphatic rings. The minimum atomic E-state index is -1.05. The molecule has 0 radical (unpaired) electrons. The fourth-order valence-electron chi connectivity index (χ4n) is 3.78. The summed E-state index contributed by atoms with van der Waals surface area (Å²) in [5.41, 5.74) is 0.884. The number of aliphatic hydroxyl groups excluding tert-OH is 1. The number of esters is 1. The first-order valence-electron chi connectivity index (χ1n) is 10.7. The van der Waals surface area contributed by atoms with E-state index in [2.05, 4.69) is 4.98 Å². The molecule has 35 heavy (non-hydrogen) atoms. The molecule has 1 amide bonds. The van der Waals surface area contributed by atoms with Crippen molar-refractivity contribution in [2.75, 3.05) is 4.90 Å². The Morgan fingerprint density at radius 2 is 1.77 bits per heavy atom. The quantitative estimate of drug-likeness (QED) is 0.208. The first-order chi connectivity index (χ1) is 16.7. The summed E-state index contributed by atoms with van der Waals surface area (Å²) >= 11 is 12.1. The number of benzene rings is 2. The number of aromatic nitrogens is 1. The summed E-state index contributed by atoms with van der Waals surface area (Å²) < 4.78 is 5.26. The van der Waals surface area contributed by atoms with Crippen molar-refractivity contribution in [3.8, 4) is 0 Å². The summed E-state index contributed by atoms with van der Waals surface area (Å²) in [7, 11) is 0. The first-order valence-corrected chi connectivity index (χ1v) is 11.4. The third-order valence-corrected chi connectivity index (χ3v) is 6.05. The zero-order chi connectivity index (χ0) is 25.3. The molecule has 1 aromatic heterocycles. The van der Waals surface area contributed by atoms with E-state index in [0.717, 1.165) is 0 Å². The van der Waals surface area contributed by atoms with E-state index in [1.54, 1.807) is 50.2 Å². The highest BCUT2D eigenvalue weighted by Gasteiger charge is 2.47. The van der Waals surface area contributed by atoms with E-state index in [1.165, 1.54) is 35.4 Å². The third kappa shape index (κ3) is 4.78. The van der Waals surface area contributed by atoms with Crippen molar-refractivity contribution in [2.45, 2.75) is 26.0 Å². The van der Waals surface area contributed by atoms with Crippen LogP contribution in [0.5, 0.6) is 0 Å². The summed E-state index contributed by atoms with van der Waals surface area (Å²) in [5, 5.41) is 11.6. The van der Waals surface area contributed by atoms with Gasteiger partial charge >= 0.3 is 5.97 Å². The van der Waals surface area contributed by atoms with Gasteiger partial charge in [-0.1, -0.05) is 35.3 Å². The van der Waals surface area contributed by atoms with Crippen molar-refractivity contribution in [3.05, 3.63) is 99.3 Å². The average Bonchev–Trinajstić information content (AvgIpc) is 3.11. The molecule has 7 nitrogen and oxygen atoms in total. The Bertz CT molecular complexity index is 1350. The molecule has 1 unspecified atom stereocenters. The monoisotopic (exact) mass is 510 g/mol. The highest BCUT2D eigenvalue weighted by Crippen LogP contribution is 2.42. The Morgan fingerprint density at radius 3 is 2.43 bits per heavy atom. The Kier molecular flexibility index (Phi) is 6.91. The van der Waals surface area contributed by atoms with Gasteiger partial charge in [0.25, 0.3) is 11.7 Å². The first kappa shape index (κ1) is 24.4. The van der Waals surface area contributed by atoms with Crippen LogP contribution in [0, 0.1) is 0 Å². The number of ether oxygens (including phenoxy) is 1. The van der Waals surface area contributed by atoms with Crippen LogP contribution < -0.4 is 4.90 Å². The second kappa shape index (κ2) is 9.90. The van der Waals surface area contributed by atoms with E-state index < -0.39 is 29.5 Å². The maximum absolute atomic E-state index is 13.3. The number of nitrogens with zero attached hydrogens (tertiary/aromatic N) is 2. The molecule has 0 aliphatic carbocycles. The van der Waals surface area contributed by atoms with Crippen LogP contribution in [0.15, 0.2) is 72.4 Å². The third-order valence-electron chi connectivity index (χ3n) is 5.31. The second-order valence-corrected chi connectivity index (χ2v) is 8.87. The second-order valence-electron chi connectivity index (χ2n) is 8.06. The molecule has 1 fully saturated rings. The van der Waals surface area contributed by atoms with Crippen LogP contribution in [0.2, 0.25) is 10.0 Å². The maximum atomic E-state index is 13.3. The van der Waals surface area contributed by atoms with Crippen molar-refractivity contribution in [1.82, 2.24) is 4.98 Å². The van der Waals surface area contributed by atoms with E-state index in [4.69, 9.17) is 27.9 Å². The topological polar surface area (TPSA) is 96.8 Å². The summed E-state index contributed by atoms with van der Waals surface area (Å²) in [6, 6.07) is 14.6. The van der Waals surface area contributed by atoms with Crippen LogP contribution in [-0.4, -0.2) is 33.9 Å². The molecule has 178 valence electrons. The van der Waals surface area contributed by atoms with Crippen LogP contribution >= 0.6 is 23.2 Å². The number of hydrogen-bond acceptors (Lipinski definition) is 6. The molecule has 1 N–H and O–H groups in total. The highest BCUT2D eigenvalue weighted by molar-refractivity contribution is 6.51. The standard InChI is InChI=1S/C26H20Cl2N2O5/c1-14(2)35-26(34)16-6-5-7-17(12-16)30-22(20-8-3-4-11-29-20)21(24(32)25(30)33)23(31)15-9-10-18(27)19(28)13-15/h3-14,22,31H,1-2H3/b23-21+. The van der Waals surface area contributed by atoms with Gasteiger partial charge in [-0.3, -0.25) is 19.5 Å². The normalized spacial score (nSPS) is 17.2. The van der Waals surface area contributed by atoms with Crippen molar-refractivity contribution in [1.29, 1.82) is 0 Å². The number of halogens is 2. The fourth-order valence-corrected chi connectivity index (χ4v) is 4.08. The number of aliphatic hydroxyl groups is 1. The van der Waals surface area contributed by atoms with Gasteiger partial charge in [-0.25, -0.2) is 4.79 Å². The molecule has 1 atom stereocenters. The SMILES string of the molecule is CC(C)OC(=O)c1cccc(N2C(=O)C(=O)/C(=C(/O)c3ccc(Cl)c(Cl)c3)C2c2ccccn2)c1. The fraction of sp³-hybridized carbons (Fsp3) is 0.154. The molecule has 2 heterocycles. The molecule has 9 heteroatoms. The molecule has 0 spiro atoms. The minimum Gasteiger partial charge on any atom is -0.507 e. The van der Waals surface area contributed by atoms with Crippen LogP contribution in [-0.2, 0) is 14.3 Å². The molecule has 4 rings (SSSR count). The molecular formula is C26H20Cl2N2O5. The molecule has 0 saturated carbocycles. The minimum absolute atomic E-state index is 0.165. The zero-order valence-electron chi connectivity index (χ0n) is 18.7. The number of anilines is 1. The maximum Gasteiger partial charge on any atom is 0.338 e. The van der Waals surface area contributed by atoms with Crippen LogP contribution in [0.4, 0.5) is 5.69 Å². The Hall–Kier alpha value is -3.68. The van der Waals surface area contributed by atoms with Crippen LogP contribution in [0.3, 0.4) is 0 Å². The number of amides is 1. The smallest absolute Gasteiger partial charge is 0.338 e. The number of hydrogen-bond donors (Lipinski definition) is 1. The summed E-state index contributed by atoms with van der Waals surface area (Å²) in [6.07, 6.45) is 1.19. The lowest BCUT2D eigenvalue weighted by atomic mass is 9.98. The number of rotatable bonds is 5. The van der Waals surface area contributed by atoms with Crippen LogP contribution in [0.1, 0.15) is 41.5 Å². The molecular weight excluding hydrogens is 491 g/mol. The van der Waals surface area contributed by atoms with Gasteiger partial charge in [0.15, 0.2) is 0 Å². The Morgan fingerprint density at radius 1 is 1.00 bits per heavy atom. The van der Waals surface area contributed by atoms with Crippen LogP contribution in [0.25, 0.3) is 5.76 Å². The van der Waals surface area contributed by atoms with Gasteiger partial charge in [0.2, 0.25) is 0 Å². The molecule has 2 aromatic carbocycles. The van der Waals surface area contributed by atoms with Gasteiger partial charge in [-0.15, -0.1) is 0 Å². The number of pyridine rings is 1. The number of Topliss-reactive ketones (excluding diaryl/α,β-unsaturated/α-hetero) is 1. The summed E-state index contributed by atoms with van der Waals surface area (Å²) in [6.45, 7) is 3.45. The van der Waals surface area contributed by atoms with Gasteiger partial charge in [0.1, 0.15) is 11.8 Å². The molecule has 1 saturated heterocycles.